The van der Waals surface area contributed by atoms with Gasteiger partial charge in [-0.15, -0.1) is 0 Å². The number of hydrogen-bond donors (Lipinski definition) is 1. The van der Waals surface area contributed by atoms with Crippen molar-refractivity contribution in [3.05, 3.63) is 123 Å². The van der Waals surface area contributed by atoms with Crippen LogP contribution in [0.25, 0.3) is 17.8 Å². The number of fused-ring (bicyclic) bond motifs is 2. The molecule has 0 bridgehead atoms. The van der Waals surface area contributed by atoms with Gasteiger partial charge in [-0.2, -0.15) is 0 Å². The molecule has 1 N–H and O–H groups in total. The number of H-pyrrole nitrogens is 1. The highest BCUT2D eigenvalue weighted by Gasteiger charge is 2.14. The maximum atomic E-state index is 3.54. The average Bonchev–Trinajstić information content (AvgIpc) is 3.54. The van der Waals surface area contributed by atoms with Crippen molar-refractivity contribution in [2.24, 2.45) is 0 Å². The fourth-order valence-electron chi connectivity index (χ4n) is 4.02. The van der Waals surface area contributed by atoms with Gasteiger partial charge in [0.2, 0.25) is 0 Å². The number of nitrogens with one attached hydrogen (secondary N) is 1. The van der Waals surface area contributed by atoms with Crippen molar-refractivity contribution in [1.82, 2.24) is 9.55 Å². The van der Waals surface area contributed by atoms with Gasteiger partial charge in [0.1, 0.15) is 0 Å². The van der Waals surface area contributed by atoms with Gasteiger partial charge < -0.3 is 9.55 Å². The quantitative estimate of drug-likeness (QED) is 0.292. The first-order valence-electron chi connectivity index (χ1n) is 10.6. The lowest BCUT2D eigenvalue weighted by Gasteiger charge is -2.09. The molecular weight excluding hydrogens is 444 g/mol. The molecular formula is C28H27BrN2. The Bertz CT molecular complexity index is 1180. The van der Waals surface area contributed by atoms with Crippen LogP contribution in [0.5, 0.6) is 0 Å². The largest absolute Gasteiger partial charge is 0.368 e. The Morgan fingerprint density at radius 1 is 0.710 bits per heavy atom. The van der Waals surface area contributed by atoms with Crippen LogP contribution in [0.3, 0.4) is 0 Å². The molecule has 2 nitrogen and oxygen atoms in total. The van der Waals surface area contributed by atoms with Gasteiger partial charge in [-0.05, 0) is 85.3 Å². The average molecular weight is 471 g/mol. The van der Waals surface area contributed by atoms with Gasteiger partial charge in [-0.25, -0.2) is 0 Å². The second-order valence-corrected chi connectivity index (χ2v) is 8.82. The van der Waals surface area contributed by atoms with Crippen molar-refractivity contribution in [2.75, 3.05) is 0 Å². The summed E-state index contributed by atoms with van der Waals surface area (Å²) >= 11 is 3.54. The molecule has 0 unspecified atom stereocenters. The molecule has 2 aliphatic rings. The molecule has 6 rings (SSSR count). The van der Waals surface area contributed by atoms with E-state index in [1.54, 1.807) is 0 Å². The van der Waals surface area contributed by atoms with E-state index in [4.69, 9.17) is 0 Å². The molecule has 2 aromatic heterocycles. The van der Waals surface area contributed by atoms with Crippen LogP contribution in [-0.4, -0.2) is 9.55 Å². The molecule has 156 valence electrons. The van der Waals surface area contributed by atoms with Gasteiger partial charge in [0.15, 0.2) is 0 Å². The smallest absolute Gasteiger partial charge is 0.0490 e. The monoisotopic (exact) mass is 470 g/mol. The Balaban J connectivity index is 0.000000126. The first kappa shape index (κ1) is 21.2. The lowest BCUT2D eigenvalue weighted by molar-refractivity contribution is 1.03. The number of halogens is 1. The summed E-state index contributed by atoms with van der Waals surface area (Å²) in [6, 6.07) is 20.9. The fraction of sp³-hybridized carbons (Fsp3) is 0.143. The summed E-state index contributed by atoms with van der Waals surface area (Å²) in [7, 11) is 0. The fourth-order valence-corrected chi connectivity index (χ4v) is 4.54. The van der Waals surface area contributed by atoms with Gasteiger partial charge in [0, 0.05) is 34.9 Å². The van der Waals surface area contributed by atoms with Crippen LogP contribution in [0, 0.1) is 0 Å². The number of nitrogens with zero attached hydrogens (tertiary/aromatic N) is 1. The van der Waals surface area contributed by atoms with Crippen LogP contribution in [0.15, 0.2) is 101 Å². The molecule has 0 saturated heterocycles. The SMILES string of the molecule is CC1=Cc2cccc(-n3cccc3)c2C1.CC1=Cc2cccc(Br)c2C1.c1cc[nH]c1. The van der Waals surface area contributed by atoms with E-state index in [1.807, 2.05) is 24.5 Å². The minimum Gasteiger partial charge on any atom is -0.368 e. The third-order valence-corrected chi connectivity index (χ3v) is 6.18. The van der Waals surface area contributed by atoms with Gasteiger partial charge in [0.05, 0.1) is 0 Å². The van der Waals surface area contributed by atoms with Crippen molar-refractivity contribution in [1.29, 1.82) is 0 Å². The molecule has 3 heteroatoms. The lowest BCUT2D eigenvalue weighted by Crippen LogP contribution is -1.96. The highest BCUT2D eigenvalue weighted by Crippen LogP contribution is 2.31. The summed E-state index contributed by atoms with van der Waals surface area (Å²) < 4.78 is 3.42. The number of rotatable bonds is 1. The molecule has 0 spiro atoms. The second-order valence-electron chi connectivity index (χ2n) is 7.96. The maximum Gasteiger partial charge on any atom is 0.0490 e. The number of aromatic nitrogens is 2. The Morgan fingerprint density at radius 3 is 1.87 bits per heavy atom. The van der Waals surface area contributed by atoms with E-state index in [-0.39, 0.29) is 0 Å². The van der Waals surface area contributed by atoms with E-state index >= 15 is 0 Å². The Morgan fingerprint density at radius 2 is 1.29 bits per heavy atom. The zero-order valence-electron chi connectivity index (χ0n) is 18.0. The van der Waals surface area contributed by atoms with Crippen LogP contribution < -0.4 is 0 Å². The van der Waals surface area contributed by atoms with Crippen LogP contribution in [-0.2, 0) is 12.8 Å². The Labute approximate surface area is 193 Å². The van der Waals surface area contributed by atoms with Crippen LogP contribution in [0.1, 0.15) is 36.1 Å². The zero-order valence-corrected chi connectivity index (χ0v) is 19.6. The lowest BCUT2D eigenvalue weighted by atomic mass is 10.1. The molecule has 0 amide bonds. The Hall–Kier alpha value is -3.04. The molecule has 0 atom stereocenters. The third kappa shape index (κ3) is 5.18. The van der Waals surface area contributed by atoms with Crippen molar-refractivity contribution in [3.8, 4) is 5.69 Å². The van der Waals surface area contributed by atoms with E-state index in [2.05, 4.69) is 112 Å². The van der Waals surface area contributed by atoms with Crippen LogP contribution in [0.2, 0.25) is 0 Å². The number of benzene rings is 2. The number of allylic oxidation sites excluding steroid dienone is 2. The Kier molecular flexibility index (Phi) is 6.73. The molecule has 4 aromatic rings. The summed E-state index contributed by atoms with van der Waals surface area (Å²) in [5.74, 6) is 0. The molecule has 2 aromatic carbocycles. The van der Waals surface area contributed by atoms with Crippen molar-refractivity contribution in [3.63, 3.8) is 0 Å². The van der Waals surface area contributed by atoms with E-state index < -0.39 is 0 Å². The molecule has 0 radical (unpaired) electrons. The minimum atomic E-state index is 1.09. The van der Waals surface area contributed by atoms with Crippen molar-refractivity contribution < 1.29 is 0 Å². The predicted octanol–water partition coefficient (Wildman–Crippen LogP) is 7.86. The minimum absolute atomic E-state index is 1.09. The topological polar surface area (TPSA) is 20.7 Å². The van der Waals surface area contributed by atoms with Crippen molar-refractivity contribution in [2.45, 2.75) is 26.7 Å². The predicted molar refractivity (Wildman–Crippen MR) is 135 cm³/mol. The normalized spacial score (nSPS) is 13.1. The van der Waals surface area contributed by atoms with Gasteiger partial charge in [-0.3, -0.25) is 0 Å². The van der Waals surface area contributed by atoms with Gasteiger partial charge >= 0.3 is 0 Å². The highest BCUT2D eigenvalue weighted by atomic mass is 79.9. The standard InChI is InChI=1S/C14H13N.C10H9Br.C4H5N/c1-11-9-12-5-4-6-14(13(12)10-11)15-7-2-3-8-15;1-7-5-8-3-2-4-10(11)9(8)6-7;1-2-4-5-3-1/h2-9H,10H2,1H3;2-5H,6H2,1H3;1-5H. The molecule has 31 heavy (non-hydrogen) atoms. The van der Waals surface area contributed by atoms with E-state index in [1.165, 1.54) is 43.6 Å². The molecule has 0 saturated carbocycles. The zero-order chi connectivity index (χ0) is 21.6. The van der Waals surface area contributed by atoms with Crippen LogP contribution >= 0.6 is 15.9 Å². The summed E-state index contributed by atoms with van der Waals surface area (Å²) in [5, 5.41) is 0. The van der Waals surface area contributed by atoms with E-state index in [0.29, 0.717) is 0 Å². The van der Waals surface area contributed by atoms with E-state index in [0.717, 1.165) is 12.8 Å². The van der Waals surface area contributed by atoms with Crippen molar-refractivity contribution >= 4 is 28.1 Å². The summed E-state index contributed by atoms with van der Waals surface area (Å²) in [5.41, 5.74) is 9.84. The first-order valence-corrected chi connectivity index (χ1v) is 11.4. The van der Waals surface area contributed by atoms with Crippen LogP contribution in [0.4, 0.5) is 0 Å². The number of hydrogen-bond acceptors (Lipinski definition) is 0. The third-order valence-electron chi connectivity index (χ3n) is 5.44. The molecule has 0 fully saturated rings. The summed E-state index contributed by atoms with van der Waals surface area (Å²) in [4.78, 5) is 2.86. The molecule has 2 heterocycles. The van der Waals surface area contributed by atoms with Gasteiger partial charge in [0.25, 0.3) is 0 Å². The van der Waals surface area contributed by atoms with E-state index in [9.17, 15) is 0 Å². The summed E-state index contributed by atoms with van der Waals surface area (Å²) in [6.07, 6.45) is 14.7. The number of aromatic amines is 1. The second kappa shape index (κ2) is 9.84. The maximum absolute atomic E-state index is 3.54. The highest BCUT2D eigenvalue weighted by molar-refractivity contribution is 9.10. The summed E-state index contributed by atoms with van der Waals surface area (Å²) in [6.45, 7) is 4.37. The molecule has 2 aliphatic carbocycles. The molecule has 0 aliphatic heterocycles. The van der Waals surface area contributed by atoms with Gasteiger partial charge in [-0.1, -0.05) is 63.5 Å². The first-order chi connectivity index (χ1) is 15.1.